The molecule has 0 spiro atoms. The fourth-order valence-electron chi connectivity index (χ4n) is 2.25. The van der Waals surface area contributed by atoms with Crippen LogP contribution in [0.3, 0.4) is 0 Å². The molecule has 2 rings (SSSR count). The number of sulfone groups is 1. The van der Waals surface area contributed by atoms with Crippen LogP contribution in [0.1, 0.15) is 22.8 Å². The molecule has 0 bridgehead atoms. The van der Waals surface area contributed by atoms with E-state index in [0.29, 0.717) is 11.3 Å². The lowest BCUT2D eigenvalue weighted by Gasteiger charge is -2.13. The number of aliphatic hydroxyl groups excluding tert-OH is 1. The van der Waals surface area contributed by atoms with E-state index in [9.17, 15) is 13.5 Å². The van der Waals surface area contributed by atoms with Gasteiger partial charge in [0.1, 0.15) is 5.75 Å². The van der Waals surface area contributed by atoms with Crippen LogP contribution in [0.4, 0.5) is 0 Å². The number of aliphatic hydroxyl groups is 1. The van der Waals surface area contributed by atoms with Crippen molar-refractivity contribution < 1.29 is 18.3 Å². The van der Waals surface area contributed by atoms with E-state index in [4.69, 9.17) is 4.74 Å². The molecular weight excluding hydrogens is 300 g/mol. The van der Waals surface area contributed by atoms with Crippen LogP contribution < -0.4 is 4.74 Å². The lowest BCUT2D eigenvalue weighted by Crippen LogP contribution is -2.17. The van der Waals surface area contributed by atoms with Crippen LogP contribution in [-0.2, 0) is 15.6 Å². The maximum atomic E-state index is 12.3. The van der Waals surface area contributed by atoms with Crippen molar-refractivity contribution in [3.8, 4) is 5.75 Å². The summed E-state index contributed by atoms with van der Waals surface area (Å²) in [6, 6.07) is 14.2. The first-order valence-electron chi connectivity index (χ1n) is 6.98. The zero-order valence-corrected chi connectivity index (χ0v) is 13.5. The molecule has 0 aliphatic heterocycles. The molecule has 0 radical (unpaired) electrons. The number of aryl methyl sites for hydroxylation is 1. The maximum Gasteiger partial charge on any atom is 0.157 e. The molecule has 0 heterocycles. The third kappa shape index (κ3) is 4.32. The number of hydrogen-bond donors (Lipinski definition) is 1. The first-order valence-corrected chi connectivity index (χ1v) is 8.80. The largest absolute Gasteiger partial charge is 0.497 e. The van der Waals surface area contributed by atoms with Crippen molar-refractivity contribution in [2.45, 2.75) is 18.8 Å². The highest BCUT2D eigenvalue weighted by atomic mass is 32.2. The molecule has 0 fully saturated rings. The molecule has 118 valence electrons. The third-order valence-corrected chi connectivity index (χ3v) is 5.10. The Hall–Kier alpha value is -1.85. The summed E-state index contributed by atoms with van der Waals surface area (Å²) < 4.78 is 29.7. The molecule has 1 N–H and O–H groups in total. The second kappa shape index (κ2) is 6.94. The topological polar surface area (TPSA) is 63.6 Å². The summed E-state index contributed by atoms with van der Waals surface area (Å²) in [6.45, 7) is 1.88. The molecule has 4 nitrogen and oxygen atoms in total. The molecule has 0 saturated carbocycles. The van der Waals surface area contributed by atoms with E-state index in [0.717, 1.165) is 11.1 Å². The van der Waals surface area contributed by atoms with Gasteiger partial charge >= 0.3 is 0 Å². The van der Waals surface area contributed by atoms with Crippen LogP contribution in [0.25, 0.3) is 0 Å². The van der Waals surface area contributed by atoms with Gasteiger partial charge in [-0.05, 0) is 35.7 Å². The van der Waals surface area contributed by atoms with Crippen molar-refractivity contribution in [1.82, 2.24) is 0 Å². The summed E-state index contributed by atoms with van der Waals surface area (Å²) in [7, 11) is -1.89. The van der Waals surface area contributed by atoms with Gasteiger partial charge in [0.15, 0.2) is 9.84 Å². The van der Waals surface area contributed by atoms with Crippen LogP contribution in [0.5, 0.6) is 5.75 Å². The van der Waals surface area contributed by atoms with Crippen LogP contribution in [0.15, 0.2) is 48.5 Å². The molecule has 1 unspecified atom stereocenters. The minimum Gasteiger partial charge on any atom is -0.497 e. The summed E-state index contributed by atoms with van der Waals surface area (Å²) in [5, 5.41) is 10.2. The highest BCUT2D eigenvalue weighted by Crippen LogP contribution is 2.22. The van der Waals surface area contributed by atoms with E-state index in [1.807, 2.05) is 25.1 Å². The number of hydrogen-bond acceptors (Lipinski definition) is 4. The molecule has 0 aliphatic carbocycles. The van der Waals surface area contributed by atoms with Crippen molar-refractivity contribution in [3.05, 3.63) is 65.2 Å². The number of benzene rings is 2. The Morgan fingerprint density at radius 1 is 1.14 bits per heavy atom. The van der Waals surface area contributed by atoms with Crippen LogP contribution in [-0.4, -0.2) is 26.4 Å². The quantitative estimate of drug-likeness (QED) is 0.889. The zero-order valence-electron chi connectivity index (χ0n) is 12.7. The van der Waals surface area contributed by atoms with E-state index in [1.54, 1.807) is 30.3 Å². The van der Waals surface area contributed by atoms with Crippen molar-refractivity contribution in [1.29, 1.82) is 0 Å². The van der Waals surface area contributed by atoms with Crippen molar-refractivity contribution >= 4 is 9.84 Å². The second-order valence-corrected chi connectivity index (χ2v) is 7.38. The Kier molecular flexibility index (Phi) is 5.21. The van der Waals surface area contributed by atoms with E-state index in [-0.39, 0.29) is 11.5 Å². The molecule has 5 heteroatoms. The van der Waals surface area contributed by atoms with Gasteiger partial charge in [0.05, 0.1) is 24.7 Å². The standard InChI is InChI=1S/C17H20O4S/c1-13-6-3-4-7-15(13)11-22(19,20)12-17(18)14-8-5-9-16(10-14)21-2/h3-10,17-18H,11-12H2,1-2H3. The molecule has 2 aromatic rings. The van der Waals surface area contributed by atoms with Gasteiger partial charge in [0, 0.05) is 0 Å². The van der Waals surface area contributed by atoms with E-state index < -0.39 is 15.9 Å². The predicted octanol–water partition coefficient (Wildman–Crippen LogP) is 2.65. The summed E-state index contributed by atoms with van der Waals surface area (Å²) in [6.07, 6.45) is -1.07. The van der Waals surface area contributed by atoms with Crippen LogP contribution in [0, 0.1) is 6.92 Å². The van der Waals surface area contributed by atoms with Gasteiger partial charge in [-0.15, -0.1) is 0 Å². The van der Waals surface area contributed by atoms with Gasteiger partial charge in [-0.2, -0.15) is 0 Å². The van der Waals surface area contributed by atoms with Crippen molar-refractivity contribution in [2.75, 3.05) is 12.9 Å². The summed E-state index contributed by atoms with van der Waals surface area (Å²) in [4.78, 5) is 0. The van der Waals surface area contributed by atoms with E-state index >= 15 is 0 Å². The second-order valence-electron chi connectivity index (χ2n) is 5.27. The van der Waals surface area contributed by atoms with Crippen LogP contribution >= 0.6 is 0 Å². The molecule has 0 aliphatic rings. The van der Waals surface area contributed by atoms with Gasteiger partial charge in [0.25, 0.3) is 0 Å². The van der Waals surface area contributed by atoms with Gasteiger partial charge in [0.2, 0.25) is 0 Å². The molecule has 2 aromatic carbocycles. The molecule has 0 saturated heterocycles. The molecule has 0 aromatic heterocycles. The molecule has 1 atom stereocenters. The number of methoxy groups -OCH3 is 1. The van der Waals surface area contributed by atoms with Crippen LogP contribution in [0.2, 0.25) is 0 Å². The Morgan fingerprint density at radius 2 is 1.86 bits per heavy atom. The fourth-order valence-corrected chi connectivity index (χ4v) is 3.84. The molecule has 0 amide bonds. The predicted molar refractivity (Wildman–Crippen MR) is 86.6 cm³/mol. The van der Waals surface area contributed by atoms with Crippen molar-refractivity contribution in [3.63, 3.8) is 0 Å². The maximum absolute atomic E-state index is 12.3. The highest BCUT2D eigenvalue weighted by Gasteiger charge is 2.20. The normalized spacial score (nSPS) is 12.9. The summed E-state index contributed by atoms with van der Waals surface area (Å²) in [5.41, 5.74) is 2.23. The number of rotatable bonds is 6. The summed E-state index contributed by atoms with van der Waals surface area (Å²) in [5.74, 6) is 0.211. The van der Waals surface area contributed by atoms with E-state index in [1.165, 1.54) is 7.11 Å². The average molecular weight is 320 g/mol. The molecular formula is C17H20O4S. The molecule has 22 heavy (non-hydrogen) atoms. The minimum atomic E-state index is -3.41. The van der Waals surface area contributed by atoms with Gasteiger partial charge in [-0.1, -0.05) is 36.4 Å². The Morgan fingerprint density at radius 3 is 2.55 bits per heavy atom. The lowest BCUT2D eigenvalue weighted by atomic mass is 10.1. The monoisotopic (exact) mass is 320 g/mol. The first-order chi connectivity index (χ1) is 10.4. The van der Waals surface area contributed by atoms with Gasteiger partial charge in [-0.3, -0.25) is 0 Å². The van der Waals surface area contributed by atoms with E-state index in [2.05, 4.69) is 0 Å². The first kappa shape index (κ1) is 16.5. The fraction of sp³-hybridized carbons (Fsp3) is 0.294. The highest BCUT2D eigenvalue weighted by molar-refractivity contribution is 7.90. The SMILES string of the molecule is COc1cccc(C(O)CS(=O)(=O)Cc2ccccc2C)c1. The minimum absolute atomic E-state index is 0.0687. The average Bonchev–Trinajstić information content (AvgIpc) is 2.49. The smallest absolute Gasteiger partial charge is 0.157 e. The van der Waals surface area contributed by atoms with Crippen molar-refractivity contribution in [2.24, 2.45) is 0 Å². The third-order valence-electron chi connectivity index (χ3n) is 3.53. The number of ether oxygens (including phenoxy) is 1. The van der Waals surface area contributed by atoms with Gasteiger partial charge in [-0.25, -0.2) is 8.42 Å². The zero-order chi connectivity index (χ0) is 16.2. The Labute approximate surface area is 131 Å². The Balaban J connectivity index is 2.12. The Bertz CT molecular complexity index is 738. The summed E-state index contributed by atoms with van der Waals surface area (Å²) >= 11 is 0. The van der Waals surface area contributed by atoms with Gasteiger partial charge < -0.3 is 9.84 Å². The lowest BCUT2D eigenvalue weighted by molar-refractivity contribution is 0.201.